The molecule has 0 spiro atoms. The second-order valence-corrected chi connectivity index (χ2v) is 4.14. The first-order chi connectivity index (χ1) is 5.72. The molecule has 0 atom stereocenters. The number of nitrogens with zero attached hydrogens (tertiary/aromatic N) is 2. The maximum absolute atomic E-state index is 5.72. The number of hydrogen-bond donors (Lipinski definition) is 0. The van der Waals surface area contributed by atoms with Crippen LogP contribution < -0.4 is 0 Å². The fourth-order valence-electron chi connectivity index (χ4n) is 1.73. The van der Waals surface area contributed by atoms with Gasteiger partial charge in [0, 0.05) is 6.54 Å². The first kappa shape index (κ1) is 10.3. The summed E-state index contributed by atoms with van der Waals surface area (Å²) in [5.74, 6) is 0.866. The van der Waals surface area contributed by atoms with Crippen LogP contribution in [0.1, 0.15) is 12.8 Å². The van der Waals surface area contributed by atoms with Crippen molar-refractivity contribution in [2.45, 2.75) is 12.8 Å². The third kappa shape index (κ3) is 3.30. The molecule has 0 saturated carbocycles. The molecular weight excluding hydrogens is 172 g/mol. The van der Waals surface area contributed by atoms with Gasteiger partial charge in [0.1, 0.15) is 0 Å². The number of piperidine rings is 1. The van der Waals surface area contributed by atoms with E-state index in [1.54, 1.807) is 0 Å². The van der Waals surface area contributed by atoms with E-state index in [9.17, 15) is 0 Å². The number of likely N-dealkylation sites (tertiary alicyclic amines) is 1. The molecule has 1 aliphatic heterocycles. The molecule has 0 aliphatic carbocycles. The quantitative estimate of drug-likeness (QED) is 0.491. The van der Waals surface area contributed by atoms with E-state index in [-0.39, 0.29) is 0 Å². The zero-order chi connectivity index (χ0) is 8.97. The van der Waals surface area contributed by atoms with Crippen molar-refractivity contribution in [2.75, 3.05) is 39.7 Å². The molecular formula is C9H19ClN2. The van der Waals surface area contributed by atoms with Crippen molar-refractivity contribution >= 4 is 11.6 Å². The molecule has 1 aliphatic rings. The average Bonchev–Trinajstić information content (AvgIpc) is 2.09. The molecule has 0 N–H and O–H groups in total. The molecule has 0 aromatic carbocycles. The van der Waals surface area contributed by atoms with Gasteiger partial charge >= 0.3 is 0 Å². The summed E-state index contributed by atoms with van der Waals surface area (Å²) < 4.78 is 0. The van der Waals surface area contributed by atoms with Gasteiger partial charge in [-0.3, -0.25) is 4.90 Å². The van der Waals surface area contributed by atoms with Crippen LogP contribution in [0, 0.1) is 5.92 Å². The average molecular weight is 191 g/mol. The van der Waals surface area contributed by atoms with Gasteiger partial charge in [0.25, 0.3) is 0 Å². The van der Waals surface area contributed by atoms with Gasteiger partial charge in [0.05, 0.1) is 6.00 Å². The van der Waals surface area contributed by atoms with Crippen LogP contribution >= 0.6 is 11.6 Å². The highest BCUT2D eigenvalue weighted by molar-refractivity contribution is 6.17. The van der Waals surface area contributed by atoms with E-state index >= 15 is 0 Å². The monoisotopic (exact) mass is 190 g/mol. The van der Waals surface area contributed by atoms with E-state index in [0.29, 0.717) is 6.00 Å². The first-order valence-electron chi connectivity index (χ1n) is 4.65. The van der Waals surface area contributed by atoms with Crippen molar-refractivity contribution in [3.63, 3.8) is 0 Å². The molecule has 1 saturated heterocycles. The Hall–Kier alpha value is 0.210. The van der Waals surface area contributed by atoms with Crippen molar-refractivity contribution in [3.05, 3.63) is 0 Å². The minimum absolute atomic E-state index is 0.659. The van der Waals surface area contributed by atoms with Crippen LogP contribution in [0.3, 0.4) is 0 Å². The maximum Gasteiger partial charge on any atom is 0.0736 e. The lowest BCUT2D eigenvalue weighted by molar-refractivity contribution is 0.185. The molecule has 0 aromatic rings. The minimum Gasteiger partial charge on any atom is -0.306 e. The van der Waals surface area contributed by atoms with Gasteiger partial charge in [0.15, 0.2) is 0 Å². The Balaban J connectivity index is 2.17. The third-order valence-corrected chi connectivity index (χ3v) is 3.02. The highest BCUT2D eigenvalue weighted by Gasteiger charge is 2.17. The molecule has 2 nitrogen and oxygen atoms in total. The lowest BCUT2D eigenvalue weighted by Crippen LogP contribution is -2.35. The van der Waals surface area contributed by atoms with E-state index in [1.807, 2.05) is 0 Å². The van der Waals surface area contributed by atoms with Crippen LogP contribution in [0.25, 0.3) is 0 Å². The summed E-state index contributed by atoms with van der Waals surface area (Å²) in [7, 11) is 4.28. The predicted octanol–water partition coefficient (Wildman–Crippen LogP) is 1.46. The Morgan fingerprint density at radius 2 is 2.00 bits per heavy atom. The van der Waals surface area contributed by atoms with Gasteiger partial charge in [0.2, 0.25) is 0 Å². The topological polar surface area (TPSA) is 6.48 Å². The van der Waals surface area contributed by atoms with Crippen molar-refractivity contribution < 1.29 is 0 Å². The minimum atomic E-state index is 0.659. The van der Waals surface area contributed by atoms with Crippen molar-refractivity contribution in [1.29, 1.82) is 0 Å². The van der Waals surface area contributed by atoms with Gasteiger partial charge in [-0.05, 0) is 45.9 Å². The largest absolute Gasteiger partial charge is 0.306 e. The summed E-state index contributed by atoms with van der Waals surface area (Å²) in [6, 6.07) is 0.659. The normalized spacial score (nSPS) is 22.0. The summed E-state index contributed by atoms with van der Waals surface area (Å²) in [5, 5.41) is 0. The molecule has 3 heteroatoms. The highest BCUT2D eigenvalue weighted by atomic mass is 35.5. The molecule has 1 heterocycles. The number of alkyl halides is 1. The summed E-state index contributed by atoms with van der Waals surface area (Å²) in [6.45, 7) is 3.67. The molecule has 1 fully saturated rings. The van der Waals surface area contributed by atoms with Gasteiger partial charge in [-0.1, -0.05) is 0 Å². The first-order valence-corrected chi connectivity index (χ1v) is 5.19. The van der Waals surface area contributed by atoms with Crippen molar-refractivity contribution in [3.8, 4) is 0 Å². The number of halogens is 1. The predicted molar refractivity (Wildman–Crippen MR) is 53.6 cm³/mol. The van der Waals surface area contributed by atoms with Gasteiger partial charge < -0.3 is 4.90 Å². The van der Waals surface area contributed by atoms with Gasteiger partial charge in [-0.25, -0.2) is 0 Å². The Morgan fingerprint density at radius 1 is 1.42 bits per heavy atom. The Morgan fingerprint density at radius 3 is 2.50 bits per heavy atom. The summed E-state index contributed by atoms with van der Waals surface area (Å²) in [4.78, 5) is 4.59. The Labute approximate surface area is 80.5 Å². The van der Waals surface area contributed by atoms with Crippen LogP contribution in [-0.4, -0.2) is 49.5 Å². The van der Waals surface area contributed by atoms with E-state index < -0.39 is 0 Å². The summed E-state index contributed by atoms with van der Waals surface area (Å²) in [5.41, 5.74) is 0. The molecule has 0 amide bonds. The maximum atomic E-state index is 5.72. The molecule has 12 heavy (non-hydrogen) atoms. The molecule has 0 bridgehead atoms. The van der Waals surface area contributed by atoms with E-state index in [2.05, 4.69) is 23.9 Å². The molecule has 72 valence electrons. The van der Waals surface area contributed by atoms with Crippen LogP contribution in [-0.2, 0) is 0 Å². The van der Waals surface area contributed by atoms with E-state index in [0.717, 1.165) is 12.5 Å². The van der Waals surface area contributed by atoms with Crippen LogP contribution in [0.15, 0.2) is 0 Å². The van der Waals surface area contributed by atoms with Crippen molar-refractivity contribution in [2.24, 2.45) is 5.92 Å². The smallest absolute Gasteiger partial charge is 0.0736 e. The van der Waals surface area contributed by atoms with E-state index in [1.165, 1.54) is 25.9 Å². The number of hydrogen-bond acceptors (Lipinski definition) is 2. The Kier molecular flexibility index (Phi) is 4.33. The van der Waals surface area contributed by atoms with Crippen LogP contribution in [0.4, 0.5) is 0 Å². The third-order valence-electron chi connectivity index (χ3n) is 2.61. The lowest BCUT2D eigenvalue weighted by atomic mass is 9.97. The summed E-state index contributed by atoms with van der Waals surface area (Å²) in [6.07, 6.45) is 2.66. The zero-order valence-corrected chi connectivity index (χ0v) is 8.85. The van der Waals surface area contributed by atoms with E-state index in [4.69, 9.17) is 11.6 Å². The standard InChI is InChI=1S/C9H19ClN2/c1-11-5-3-9(4-6-11)7-12(2)8-10/h9H,3-8H2,1-2H3. The second kappa shape index (κ2) is 5.05. The molecule has 0 radical (unpaired) electrons. The number of rotatable bonds is 3. The zero-order valence-electron chi connectivity index (χ0n) is 8.09. The van der Waals surface area contributed by atoms with Gasteiger partial charge in [-0.15, -0.1) is 11.6 Å². The highest BCUT2D eigenvalue weighted by Crippen LogP contribution is 2.16. The lowest BCUT2D eigenvalue weighted by Gasteiger charge is -2.30. The van der Waals surface area contributed by atoms with Crippen molar-refractivity contribution in [1.82, 2.24) is 9.80 Å². The SMILES string of the molecule is CN1CCC(CN(C)CCl)CC1. The molecule has 0 unspecified atom stereocenters. The Bertz CT molecular complexity index is 122. The fourth-order valence-corrected chi connectivity index (χ4v) is 1.83. The fraction of sp³-hybridized carbons (Fsp3) is 1.00. The van der Waals surface area contributed by atoms with Gasteiger partial charge in [-0.2, -0.15) is 0 Å². The van der Waals surface area contributed by atoms with Crippen LogP contribution in [0.2, 0.25) is 0 Å². The molecule has 0 aromatic heterocycles. The summed E-state index contributed by atoms with van der Waals surface area (Å²) >= 11 is 5.72. The van der Waals surface area contributed by atoms with Crippen LogP contribution in [0.5, 0.6) is 0 Å². The molecule has 1 rings (SSSR count). The second-order valence-electron chi connectivity index (χ2n) is 3.90.